The Morgan fingerprint density at radius 3 is 2.76 bits per heavy atom. The molecule has 0 spiro atoms. The molecule has 0 bridgehead atoms. The molecule has 3 unspecified atom stereocenters. The number of hydrogen-bond acceptors (Lipinski definition) is 9. The van der Waals surface area contributed by atoms with Gasteiger partial charge in [-0.15, -0.1) is 23.5 Å². The minimum Gasteiger partial charge on any atom is -0.338 e. The van der Waals surface area contributed by atoms with Gasteiger partial charge in [-0.05, 0) is 42.7 Å². The van der Waals surface area contributed by atoms with Gasteiger partial charge in [-0.3, -0.25) is 20.4 Å². The van der Waals surface area contributed by atoms with Crippen LogP contribution in [0.5, 0.6) is 0 Å². The van der Waals surface area contributed by atoms with Crippen molar-refractivity contribution < 1.29 is 18.1 Å². The number of carbonyl (C=O) groups excluding carboxylic acids is 1. The Morgan fingerprint density at radius 1 is 1.18 bits per heavy atom. The number of aromatic nitrogens is 2. The monoisotopic (exact) mass is 490 g/mol. The molecule has 172 valence electrons. The summed E-state index contributed by atoms with van der Waals surface area (Å²) in [4.78, 5) is 20.2. The van der Waals surface area contributed by atoms with Crippen molar-refractivity contribution >= 4 is 35.1 Å². The van der Waals surface area contributed by atoms with E-state index in [1.54, 1.807) is 11.8 Å². The number of hydrazine groups is 1. The van der Waals surface area contributed by atoms with Gasteiger partial charge in [0.25, 0.3) is 0 Å². The topological polar surface area (TPSA) is 95.3 Å². The lowest BCUT2D eigenvalue weighted by atomic mass is 10.0. The van der Waals surface area contributed by atoms with Gasteiger partial charge in [0.15, 0.2) is 11.6 Å². The van der Waals surface area contributed by atoms with E-state index in [9.17, 15) is 13.6 Å². The van der Waals surface area contributed by atoms with E-state index in [1.807, 2.05) is 30.5 Å². The third-order valence-electron chi connectivity index (χ3n) is 5.46. The fourth-order valence-electron chi connectivity index (χ4n) is 3.75. The maximum absolute atomic E-state index is 13.9. The van der Waals surface area contributed by atoms with Gasteiger partial charge in [0.05, 0.1) is 17.8 Å². The Morgan fingerprint density at radius 2 is 2.00 bits per heavy atom. The molecule has 2 saturated heterocycles. The van der Waals surface area contributed by atoms with Crippen LogP contribution in [0.15, 0.2) is 51.9 Å². The zero-order valence-corrected chi connectivity index (χ0v) is 19.1. The highest BCUT2D eigenvalue weighted by Gasteiger charge is 2.45. The van der Waals surface area contributed by atoms with Gasteiger partial charge in [-0.2, -0.15) is 4.98 Å². The van der Waals surface area contributed by atoms with Crippen LogP contribution in [-0.2, 0) is 10.5 Å². The van der Waals surface area contributed by atoms with Crippen LogP contribution in [-0.4, -0.2) is 40.5 Å². The molecule has 3 heterocycles. The third-order valence-corrected chi connectivity index (χ3v) is 7.28. The summed E-state index contributed by atoms with van der Waals surface area (Å²) in [6.45, 7) is 0.427. The summed E-state index contributed by atoms with van der Waals surface area (Å²) in [7, 11) is 0. The number of carbonyl (C=O) groups is 1. The highest BCUT2D eigenvalue weighted by Crippen LogP contribution is 2.32. The number of benzene rings is 2. The second-order valence-electron chi connectivity index (χ2n) is 7.49. The molecule has 2 aliphatic heterocycles. The standard InChI is InChI=1S/C21H20F2N6O2S2/c1-32-13-5-2-11(3-6-13)18-25-17(31-28-18)10-33-21-26-19-14(9-24-27-19)20(30)29(21)12-4-7-15(22)16(23)8-12/h2-8,14,19,21,24,26-27H,9-10H2,1H3. The molecular weight excluding hydrogens is 470 g/mol. The van der Waals surface area contributed by atoms with Crippen molar-refractivity contribution in [2.75, 3.05) is 17.7 Å². The van der Waals surface area contributed by atoms with Crippen LogP contribution < -0.4 is 21.1 Å². The van der Waals surface area contributed by atoms with Gasteiger partial charge in [0.2, 0.25) is 17.6 Å². The van der Waals surface area contributed by atoms with E-state index in [-0.39, 0.29) is 23.7 Å². The van der Waals surface area contributed by atoms with Crippen LogP contribution >= 0.6 is 23.5 Å². The highest BCUT2D eigenvalue weighted by molar-refractivity contribution is 7.99. The Kier molecular flexibility index (Phi) is 6.34. The molecule has 1 amide bonds. The predicted molar refractivity (Wildman–Crippen MR) is 122 cm³/mol. The van der Waals surface area contributed by atoms with Gasteiger partial charge < -0.3 is 4.52 Å². The fraction of sp³-hybridized carbons (Fsp3) is 0.286. The van der Waals surface area contributed by atoms with Gasteiger partial charge in [-0.1, -0.05) is 5.16 Å². The molecule has 3 atom stereocenters. The normalized spacial score (nSPS) is 22.6. The lowest BCUT2D eigenvalue weighted by Crippen LogP contribution is -2.64. The van der Waals surface area contributed by atoms with Gasteiger partial charge in [-0.25, -0.2) is 14.2 Å². The minimum atomic E-state index is -1.01. The van der Waals surface area contributed by atoms with Gasteiger partial charge in [0.1, 0.15) is 5.50 Å². The second kappa shape index (κ2) is 9.39. The summed E-state index contributed by atoms with van der Waals surface area (Å²) < 4.78 is 32.8. The molecular formula is C21H20F2N6O2S2. The van der Waals surface area contributed by atoms with Crippen molar-refractivity contribution in [3.63, 3.8) is 0 Å². The Labute approximate surface area is 196 Å². The summed E-state index contributed by atoms with van der Waals surface area (Å²) in [6, 6.07) is 11.3. The van der Waals surface area contributed by atoms with Crippen LogP contribution in [0, 0.1) is 17.6 Å². The van der Waals surface area contributed by atoms with E-state index >= 15 is 0 Å². The number of nitrogens with zero attached hydrogens (tertiary/aromatic N) is 3. The number of hydrogen-bond donors (Lipinski definition) is 3. The van der Waals surface area contributed by atoms with E-state index in [4.69, 9.17) is 4.52 Å². The van der Waals surface area contributed by atoms with Gasteiger partial charge in [0, 0.05) is 28.8 Å². The second-order valence-corrected chi connectivity index (χ2v) is 9.43. The van der Waals surface area contributed by atoms with E-state index in [0.717, 1.165) is 22.6 Å². The first-order valence-electron chi connectivity index (χ1n) is 10.1. The first kappa shape index (κ1) is 22.3. The number of rotatable bonds is 6. The molecule has 0 radical (unpaired) electrons. The number of nitrogens with one attached hydrogen (secondary N) is 3. The zero-order valence-electron chi connectivity index (χ0n) is 17.4. The quantitative estimate of drug-likeness (QED) is 0.451. The Hall–Kier alpha value is -2.51. The average Bonchev–Trinajstić information content (AvgIpc) is 3.50. The molecule has 3 aromatic rings. The number of fused-ring (bicyclic) bond motifs is 1. The smallest absolute Gasteiger partial charge is 0.237 e. The zero-order chi connectivity index (χ0) is 22.9. The maximum atomic E-state index is 13.9. The fourth-order valence-corrected chi connectivity index (χ4v) is 5.19. The average molecular weight is 491 g/mol. The molecule has 2 fully saturated rings. The number of anilines is 1. The SMILES string of the molecule is CSc1ccc(-c2noc(CSC3NC4NNCC4C(=O)N3c3ccc(F)c(F)c3)n2)cc1. The first-order valence-corrected chi connectivity index (χ1v) is 12.4. The highest BCUT2D eigenvalue weighted by atomic mass is 32.2. The van der Waals surface area contributed by atoms with Crippen molar-refractivity contribution in [3.8, 4) is 11.4 Å². The lowest BCUT2D eigenvalue weighted by molar-refractivity contribution is -0.124. The molecule has 1 aromatic heterocycles. The minimum absolute atomic E-state index is 0.195. The van der Waals surface area contributed by atoms with Crippen molar-refractivity contribution in [2.45, 2.75) is 22.3 Å². The number of thioether (sulfide) groups is 2. The number of halogens is 2. The largest absolute Gasteiger partial charge is 0.338 e. The molecule has 0 aliphatic carbocycles. The van der Waals surface area contributed by atoms with Crippen LogP contribution in [0.25, 0.3) is 11.4 Å². The Balaban J connectivity index is 1.34. The molecule has 2 aliphatic rings. The van der Waals surface area contributed by atoms with E-state index < -0.39 is 17.1 Å². The molecule has 8 nitrogen and oxygen atoms in total. The van der Waals surface area contributed by atoms with Crippen LogP contribution in [0.4, 0.5) is 14.5 Å². The molecule has 5 rings (SSSR count). The summed E-state index contributed by atoms with van der Waals surface area (Å²) in [6.07, 6.45) is 1.72. The van der Waals surface area contributed by atoms with Crippen molar-refractivity contribution in [2.24, 2.45) is 5.92 Å². The molecule has 12 heteroatoms. The lowest BCUT2D eigenvalue weighted by Gasteiger charge is -2.41. The van der Waals surface area contributed by atoms with E-state index in [0.29, 0.717) is 24.0 Å². The van der Waals surface area contributed by atoms with Crippen molar-refractivity contribution in [1.29, 1.82) is 0 Å². The maximum Gasteiger partial charge on any atom is 0.237 e. The molecule has 2 aromatic carbocycles. The van der Waals surface area contributed by atoms with Gasteiger partial charge >= 0.3 is 0 Å². The molecule has 3 N–H and O–H groups in total. The van der Waals surface area contributed by atoms with Crippen molar-refractivity contribution in [3.05, 3.63) is 60.0 Å². The van der Waals surface area contributed by atoms with E-state index in [1.165, 1.54) is 22.7 Å². The summed E-state index contributed by atoms with van der Waals surface area (Å²) in [5.41, 5.74) is 6.55. The summed E-state index contributed by atoms with van der Waals surface area (Å²) in [5, 5.41) is 7.39. The summed E-state index contributed by atoms with van der Waals surface area (Å²) in [5.74, 6) is -1.37. The molecule has 33 heavy (non-hydrogen) atoms. The van der Waals surface area contributed by atoms with Crippen LogP contribution in [0.1, 0.15) is 5.89 Å². The Bertz CT molecular complexity index is 1160. The van der Waals surface area contributed by atoms with Crippen molar-refractivity contribution in [1.82, 2.24) is 26.3 Å². The van der Waals surface area contributed by atoms with Crippen LogP contribution in [0.3, 0.4) is 0 Å². The summed E-state index contributed by atoms with van der Waals surface area (Å²) >= 11 is 2.99. The predicted octanol–water partition coefficient (Wildman–Crippen LogP) is 2.94. The first-order chi connectivity index (χ1) is 16.0. The number of amides is 1. The molecule has 0 saturated carbocycles. The van der Waals surface area contributed by atoms with Crippen LogP contribution in [0.2, 0.25) is 0 Å². The van der Waals surface area contributed by atoms with E-state index in [2.05, 4.69) is 26.3 Å². The third kappa shape index (κ3) is 4.49.